The fraction of sp³-hybridized carbons (Fsp3) is 0.417. The predicted molar refractivity (Wildman–Crippen MR) is 68.3 cm³/mol. The topological polar surface area (TPSA) is 26.3 Å². The molecule has 4 heteroatoms. The van der Waals surface area contributed by atoms with Crippen molar-refractivity contribution in [1.29, 1.82) is 0 Å². The molecular formula is C12H15ClO2S. The SMILES string of the molecule is CCCOCC(=O)CSc1cccc(Cl)c1. The number of Topliss-reactive ketones (excluding diaryl/α,β-unsaturated/α-hetero) is 1. The van der Waals surface area contributed by atoms with Crippen LogP contribution in [0.3, 0.4) is 0 Å². The minimum absolute atomic E-state index is 0.110. The van der Waals surface area contributed by atoms with E-state index >= 15 is 0 Å². The third-order valence-electron chi connectivity index (χ3n) is 1.81. The van der Waals surface area contributed by atoms with Gasteiger partial charge in [0.1, 0.15) is 6.61 Å². The molecule has 0 N–H and O–H groups in total. The lowest BCUT2D eigenvalue weighted by atomic mass is 10.4. The minimum Gasteiger partial charge on any atom is -0.374 e. The molecule has 0 amide bonds. The second-order valence-corrected chi connectivity index (χ2v) is 4.82. The first kappa shape index (κ1) is 13.6. The molecule has 0 spiro atoms. The lowest BCUT2D eigenvalue weighted by Crippen LogP contribution is -2.11. The van der Waals surface area contributed by atoms with Gasteiger partial charge in [-0.15, -0.1) is 11.8 Å². The summed E-state index contributed by atoms with van der Waals surface area (Å²) < 4.78 is 5.17. The first-order valence-corrected chi connectivity index (χ1v) is 6.56. The van der Waals surface area contributed by atoms with Crippen LogP contribution in [-0.2, 0) is 9.53 Å². The molecular weight excluding hydrogens is 244 g/mol. The molecule has 1 aromatic carbocycles. The molecule has 0 atom stereocenters. The Bertz CT molecular complexity index is 342. The van der Waals surface area contributed by atoms with Gasteiger partial charge in [0, 0.05) is 16.5 Å². The van der Waals surface area contributed by atoms with Gasteiger partial charge in [-0.3, -0.25) is 4.79 Å². The highest BCUT2D eigenvalue weighted by Gasteiger charge is 2.03. The Hall–Kier alpha value is -0.510. The molecule has 1 rings (SSSR count). The Morgan fingerprint density at radius 2 is 2.31 bits per heavy atom. The van der Waals surface area contributed by atoms with Crippen LogP contribution in [0.15, 0.2) is 29.2 Å². The van der Waals surface area contributed by atoms with E-state index in [2.05, 4.69) is 0 Å². The molecule has 0 fully saturated rings. The summed E-state index contributed by atoms with van der Waals surface area (Å²) in [7, 11) is 0. The molecule has 0 aliphatic carbocycles. The zero-order chi connectivity index (χ0) is 11.8. The Labute approximate surface area is 105 Å². The molecule has 2 nitrogen and oxygen atoms in total. The minimum atomic E-state index is 0.110. The van der Waals surface area contributed by atoms with Gasteiger partial charge in [-0.1, -0.05) is 24.6 Å². The van der Waals surface area contributed by atoms with Crippen molar-refractivity contribution in [2.45, 2.75) is 18.2 Å². The summed E-state index contributed by atoms with van der Waals surface area (Å²) >= 11 is 7.33. The van der Waals surface area contributed by atoms with Gasteiger partial charge in [-0.2, -0.15) is 0 Å². The van der Waals surface area contributed by atoms with Crippen LogP contribution in [0.4, 0.5) is 0 Å². The molecule has 0 saturated heterocycles. The van der Waals surface area contributed by atoms with Crippen molar-refractivity contribution in [3.8, 4) is 0 Å². The third kappa shape index (κ3) is 5.54. The highest BCUT2D eigenvalue weighted by molar-refractivity contribution is 8.00. The third-order valence-corrected chi connectivity index (χ3v) is 3.10. The lowest BCUT2D eigenvalue weighted by molar-refractivity contribution is -0.121. The Kier molecular flexibility index (Phi) is 6.53. The number of ether oxygens (including phenoxy) is 1. The molecule has 0 aliphatic heterocycles. The van der Waals surface area contributed by atoms with Crippen molar-refractivity contribution in [3.63, 3.8) is 0 Å². The fourth-order valence-corrected chi connectivity index (χ4v) is 2.14. The highest BCUT2D eigenvalue weighted by atomic mass is 35.5. The monoisotopic (exact) mass is 258 g/mol. The maximum atomic E-state index is 11.4. The summed E-state index contributed by atoms with van der Waals surface area (Å²) in [6.07, 6.45) is 0.939. The molecule has 0 saturated carbocycles. The molecule has 0 aliphatic rings. The second-order valence-electron chi connectivity index (χ2n) is 3.34. The highest BCUT2D eigenvalue weighted by Crippen LogP contribution is 2.21. The van der Waals surface area contributed by atoms with Crippen molar-refractivity contribution in [1.82, 2.24) is 0 Å². The Morgan fingerprint density at radius 1 is 1.50 bits per heavy atom. The van der Waals surface area contributed by atoms with Gasteiger partial charge in [0.05, 0.1) is 5.75 Å². The molecule has 16 heavy (non-hydrogen) atoms. The standard InChI is InChI=1S/C12H15ClO2S/c1-2-6-15-8-11(14)9-16-12-5-3-4-10(13)7-12/h3-5,7H,2,6,8-9H2,1H3. The van der Waals surface area contributed by atoms with E-state index in [1.807, 2.05) is 31.2 Å². The van der Waals surface area contributed by atoms with Crippen molar-refractivity contribution in [3.05, 3.63) is 29.3 Å². The number of halogens is 1. The van der Waals surface area contributed by atoms with Gasteiger partial charge in [-0.05, 0) is 24.6 Å². The Morgan fingerprint density at radius 3 is 3.00 bits per heavy atom. The van der Waals surface area contributed by atoms with E-state index in [0.29, 0.717) is 17.4 Å². The first-order chi connectivity index (χ1) is 7.72. The van der Waals surface area contributed by atoms with E-state index in [9.17, 15) is 4.79 Å². The zero-order valence-electron chi connectivity index (χ0n) is 9.24. The van der Waals surface area contributed by atoms with E-state index < -0.39 is 0 Å². The first-order valence-electron chi connectivity index (χ1n) is 5.20. The average molecular weight is 259 g/mol. The van der Waals surface area contributed by atoms with Crippen LogP contribution in [0.25, 0.3) is 0 Å². The van der Waals surface area contributed by atoms with Crippen LogP contribution < -0.4 is 0 Å². The van der Waals surface area contributed by atoms with E-state index in [-0.39, 0.29) is 12.4 Å². The molecule has 0 unspecified atom stereocenters. The van der Waals surface area contributed by atoms with Crippen LogP contribution >= 0.6 is 23.4 Å². The van der Waals surface area contributed by atoms with Crippen LogP contribution in [0, 0.1) is 0 Å². The summed E-state index contributed by atoms with van der Waals surface area (Å²) in [5, 5.41) is 0.694. The zero-order valence-corrected chi connectivity index (χ0v) is 10.8. The van der Waals surface area contributed by atoms with Crippen LogP contribution in [-0.4, -0.2) is 24.7 Å². The second kappa shape index (κ2) is 7.71. The van der Waals surface area contributed by atoms with Crippen LogP contribution in [0.1, 0.15) is 13.3 Å². The maximum absolute atomic E-state index is 11.4. The van der Waals surface area contributed by atoms with E-state index in [4.69, 9.17) is 16.3 Å². The average Bonchev–Trinajstić information content (AvgIpc) is 2.27. The smallest absolute Gasteiger partial charge is 0.168 e. The molecule has 0 radical (unpaired) electrons. The summed E-state index contributed by atoms with van der Waals surface area (Å²) in [4.78, 5) is 12.4. The number of ketones is 1. The van der Waals surface area contributed by atoms with Crippen LogP contribution in [0.5, 0.6) is 0 Å². The van der Waals surface area contributed by atoms with Crippen LogP contribution in [0.2, 0.25) is 5.02 Å². The lowest BCUT2D eigenvalue weighted by Gasteiger charge is -2.02. The van der Waals surface area contributed by atoms with E-state index in [1.165, 1.54) is 11.8 Å². The van der Waals surface area contributed by atoms with Gasteiger partial charge in [-0.25, -0.2) is 0 Å². The van der Waals surface area contributed by atoms with Gasteiger partial charge in [0.2, 0.25) is 0 Å². The molecule has 88 valence electrons. The van der Waals surface area contributed by atoms with Gasteiger partial charge >= 0.3 is 0 Å². The largest absolute Gasteiger partial charge is 0.374 e. The molecule has 1 aromatic rings. The summed E-state index contributed by atoms with van der Waals surface area (Å²) in [5.41, 5.74) is 0. The summed E-state index contributed by atoms with van der Waals surface area (Å²) in [6, 6.07) is 7.49. The van der Waals surface area contributed by atoms with Gasteiger partial charge < -0.3 is 4.74 Å². The van der Waals surface area contributed by atoms with Crippen molar-refractivity contribution < 1.29 is 9.53 Å². The summed E-state index contributed by atoms with van der Waals surface area (Å²) in [6.45, 7) is 2.88. The van der Waals surface area contributed by atoms with Gasteiger partial charge in [0.15, 0.2) is 5.78 Å². The fourth-order valence-electron chi connectivity index (χ4n) is 1.09. The van der Waals surface area contributed by atoms with Crippen molar-refractivity contribution >= 4 is 29.1 Å². The molecule has 0 heterocycles. The number of carbonyl (C=O) groups is 1. The van der Waals surface area contributed by atoms with E-state index in [1.54, 1.807) is 0 Å². The van der Waals surface area contributed by atoms with E-state index in [0.717, 1.165) is 11.3 Å². The quantitative estimate of drug-likeness (QED) is 0.554. The Balaban J connectivity index is 2.26. The number of rotatable bonds is 7. The molecule has 0 bridgehead atoms. The number of hydrogen-bond acceptors (Lipinski definition) is 3. The van der Waals surface area contributed by atoms with Crippen molar-refractivity contribution in [2.75, 3.05) is 19.0 Å². The number of thioether (sulfide) groups is 1. The number of benzene rings is 1. The van der Waals surface area contributed by atoms with Gasteiger partial charge in [0.25, 0.3) is 0 Å². The maximum Gasteiger partial charge on any atom is 0.168 e. The summed E-state index contributed by atoms with van der Waals surface area (Å²) in [5.74, 6) is 0.544. The molecule has 0 aromatic heterocycles. The number of hydrogen-bond donors (Lipinski definition) is 0. The van der Waals surface area contributed by atoms with Crippen molar-refractivity contribution in [2.24, 2.45) is 0 Å². The predicted octanol–water partition coefficient (Wildman–Crippen LogP) is 3.43. The number of carbonyl (C=O) groups excluding carboxylic acids is 1. The normalized spacial score (nSPS) is 10.4.